The summed E-state index contributed by atoms with van der Waals surface area (Å²) in [5.74, 6) is 1.26. The molecule has 0 bridgehead atoms. The van der Waals surface area contributed by atoms with Gasteiger partial charge in [0.1, 0.15) is 17.1 Å². The number of rotatable bonds is 9. The average molecular weight is 457 g/mol. The zero-order chi connectivity index (χ0) is 22.9. The Morgan fingerprint density at radius 2 is 1.48 bits per heavy atom. The maximum absolute atomic E-state index is 12.3. The Kier molecular flexibility index (Phi) is 7.66. The number of carbonyl (C=O) groups excluding carboxylic acids is 1. The Bertz CT molecular complexity index is 1190. The summed E-state index contributed by atoms with van der Waals surface area (Å²) in [5, 5.41) is 12.2. The highest BCUT2D eigenvalue weighted by molar-refractivity contribution is 7.99. The quantitative estimate of drug-likeness (QED) is 0.324. The molecule has 0 fully saturated rings. The van der Waals surface area contributed by atoms with Gasteiger partial charge in [-0.3, -0.25) is 4.79 Å². The lowest BCUT2D eigenvalue weighted by Gasteiger charge is -2.09. The molecule has 0 radical (unpaired) electrons. The molecule has 4 aromatic rings. The van der Waals surface area contributed by atoms with Crippen molar-refractivity contribution >= 4 is 23.4 Å². The molecule has 1 heterocycles. The normalized spacial score (nSPS) is 10.6. The van der Waals surface area contributed by atoms with Crippen molar-refractivity contribution in [1.82, 2.24) is 15.2 Å². The molecule has 33 heavy (non-hydrogen) atoms. The predicted octanol–water partition coefficient (Wildman–Crippen LogP) is 5.73. The third-order valence-corrected chi connectivity index (χ3v) is 5.61. The summed E-state index contributed by atoms with van der Waals surface area (Å²) in [6.45, 7) is 2.54. The first-order chi connectivity index (χ1) is 16.2. The van der Waals surface area contributed by atoms with E-state index < -0.39 is 0 Å². The number of carbonyl (C=O) groups is 1. The number of nitrogens with zero attached hydrogens (tertiary/aromatic N) is 3. The van der Waals surface area contributed by atoms with E-state index in [0.717, 1.165) is 34.0 Å². The molecule has 1 aromatic heterocycles. The number of amides is 1. The van der Waals surface area contributed by atoms with Crippen molar-refractivity contribution in [1.29, 1.82) is 0 Å². The molecule has 7 heteroatoms. The Morgan fingerprint density at radius 3 is 2.12 bits per heavy atom. The molecular formula is C26H24N4O2S. The first kappa shape index (κ1) is 22.5. The molecule has 1 amide bonds. The molecule has 0 unspecified atom stereocenters. The van der Waals surface area contributed by atoms with Gasteiger partial charge in [0.2, 0.25) is 11.1 Å². The van der Waals surface area contributed by atoms with Gasteiger partial charge in [0.05, 0.1) is 6.61 Å². The fourth-order valence-electron chi connectivity index (χ4n) is 3.22. The van der Waals surface area contributed by atoms with Gasteiger partial charge in [0, 0.05) is 29.0 Å². The minimum Gasteiger partial charge on any atom is -0.494 e. The van der Waals surface area contributed by atoms with E-state index in [1.165, 1.54) is 11.8 Å². The zero-order valence-electron chi connectivity index (χ0n) is 18.3. The minimum absolute atomic E-state index is 0.0659. The van der Waals surface area contributed by atoms with Crippen LogP contribution in [0.15, 0.2) is 90.1 Å². The van der Waals surface area contributed by atoms with E-state index in [1.807, 2.05) is 91.9 Å². The van der Waals surface area contributed by atoms with Crippen LogP contribution < -0.4 is 10.1 Å². The van der Waals surface area contributed by atoms with E-state index >= 15 is 0 Å². The van der Waals surface area contributed by atoms with Crippen molar-refractivity contribution in [2.24, 2.45) is 0 Å². The van der Waals surface area contributed by atoms with Crippen molar-refractivity contribution in [2.45, 2.75) is 18.5 Å². The number of aromatic nitrogens is 3. The highest BCUT2D eigenvalue weighted by Gasteiger charge is 2.14. The van der Waals surface area contributed by atoms with Crippen molar-refractivity contribution in [3.05, 3.63) is 84.9 Å². The molecule has 0 atom stereocenters. The lowest BCUT2D eigenvalue weighted by atomic mass is 10.0. The number of anilines is 1. The summed E-state index contributed by atoms with van der Waals surface area (Å²) in [6, 6.07) is 27.2. The van der Waals surface area contributed by atoms with E-state index in [2.05, 4.69) is 15.5 Å². The number of benzene rings is 3. The number of thioether (sulfide) groups is 1. The summed E-state index contributed by atoms with van der Waals surface area (Å²) in [7, 11) is 0. The van der Waals surface area contributed by atoms with Crippen molar-refractivity contribution in [3.63, 3.8) is 0 Å². The fraction of sp³-hybridized carbons (Fsp3) is 0.154. The second kappa shape index (κ2) is 11.2. The molecular weight excluding hydrogens is 432 g/mol. The Hall–Kier alpha value is -3.71. The highest BCUT2D eigenvalue weighted by atomic mass is 32.2. The van der Waals surface area contributed by atoms with Crippen LogP contribution in [0.1, 0.15) is 13.3 Å². The fourth-order valence-corrected chi connectivity index (χ4v) is 3.94. The standard InChI is InChI=1S/C26H24N4O2S/c1-2-32-22-15-13-21(14-16-22)27-23(31)17-18-33-26-28-24(19-9-5-3-6-10-19)25(29-30-26)20-11-7-4-8-12-20/h3-16H,2,17-18H2,1H3,(H,27,31). The Labute approximate surface area is 197 Å². The number of nitrogens with one attached hydrogen (secondary N) is 1. The van der Waals surface area contributed by atoms with Gasteiger partial charge in [-0.2, -0.15) is 0 Å². The van der Waals surface area contributed by atoms with Gasteiger partial charge in [0.25, 0.3) is 0 Å². The van der Waals surface area contributed by atoms with E-state index in [-0.39, 0.29) is 5.91 Å². The van der Waals surface area contributed by atoms with Crippen LogP contribution in [-0.2, 0) is 4.79 Å². The summed E-state index contributed by atoms with van der Waals surface area (Å²) in [4.78, 5) is 17.1. The molecule has 0 saturated carbocycles. The third kappa shape index (κ3) is 6.17. The summed E-state index contributed by atoms with van der Waals surface area (Å²) in [6.07, 6.45) is 0.336. The predicted molar refractivity (Wildman–Crippen MR) is 132 cm³/mol. The first-order valence-corrected chi connectivity index (χ1v) is 11.7. The molecule has 1 N–H and O–H groups in total. The Balaban J connectivity index is 1.41. The van der Waals surface area contributed by atoms with E-state index in [1.54, 1.807) is 0 Å². The second-order valence-electron chi connectivity index (χ2n) is 7.13. The van der Waals surface area contributed by atoms with E-state index in [9.17, 15) is 4.79 Å². The molecule has 4 rings (SSSR count). The molecule has 0 aliphatic heterocycles. The Morgan fingerprint density at radius 1 is 0.848 bits per heavy atom. The number of hydrogen-bond donors (Lipinski definition) is 1. The lowest BCUT2D eigenvalue weighted by Crippen LogP contribution is -2.12. The van der Waals surface area contributed by atoms with Crippen molar-refractivity contribution < 1.29 is 9.53 Å². The SMILES string of the molecule is CCOc1ccc(NC(=O)CCSc2nnc(-c3ccccc3)c(-c3ccccc3)n2)cc1. The van der Waals surface area contributed by atoms with Gasteiger partial charge in [-0.1, -0.05) is 72.4 Å². The van der Waals surface area contributed by atoms with E-state index in [4.69, 9.17) is 9.72 Å². The monoisotopic (exact) mass is 456 g/mol. The van der Waals surface area contributed by atoms with Crippen LogP contribution in [-0.4, -0.2) is 33.4 Å². The van der Waals surface area contributed by atoms with Crippen LogP contribution in [0.25, 0.3) is 22.5 Å². The van der Waals surface area contributed by atoms with Crippen molar-refractivity contribution in [3.8, 4) is 28.3 Å². The lowest BCUT2D eigenvalue weighted by molar-refractivity contribution is -0.115. The van der Waals surface area contributed by atoms with Gasteiger partial charge in [-0.25, -0.2) is 4.98 Å². The second-order valence-corrected chi connectivity index (χ2v) is 8.19. The van der Waals surface area contributed by atoms with Crippen LogP contribution in [0.3, 0.4) is 0 Å². The minimum atomic E-state index is -0.0659. The summed E-state index contributed by atoms with van der Waals surface area (Å²) < 4.78 is 5.42. The topological polar surface area (TPSA) is 77.0 Å². The first-order valence-electron chi connectivity index (χ1n) is 10.7. The van der Waals surface area contributed by atoms with Crippen LogP contribution in [0.4, 0.5) is 5.69 Å². The zero-order valence-corrected chi connectivity index (χ0v) is 19.1. The van der Waals surface area contributed by atoms with Gasteiger partial charge in [-0.05, 0) is 31.2 Å². The maximum Gasteiger partial charge on any atom is 0.225 e. The highest BCUT2D eigenvalue weighted by Crippen LogP contribution is 2.29. The van der Waals surface area contributed by atoms with Gasteiger partial charge in [0.15, 0.2) is 0 Å². The smallest absolute Gasteiger partial charge is 0.225 e. The van der Waals surface area contributed by atoms with Crippen LogP contribution >= 0.6 is 11.8 Å². The van der Waals surface area contributed by atoms with E-state index in [0.29, 0.717) is 23.9 Å². The molecule has 166 valence electrons. The van der Waals surface area contributed by atoms with Crippen molar-refractivity contribution in [2.75, 3.05) is 17.7 Å². The largest absolute Gasteiger partial charge is 0.494 e. The molecule has 6 nitrogen and oxygen atoms in total. The molecule has 0 aliphatic rings. The molecule has 0 spiro atoms. The third-order valence-electron chi connectivity index (χ3n) is 4.77. The number of ether oxygens (including phenoxy) is 1. The molecule has 0 saturated heterocycles. The maximum atomic E-state index is 12.3. The molecule has 0 aliphatic carbocycles. The van der Waals surface area contributed by atoms with Crippen LogP contribution in [0.2, 0.25) is 0 Å². The van der Waals surface area contributed by atoms with Gasteiger partial charge < -0.3 is 10.1 Å². The van der Waals surface area contributed by atoms with Gasteiger partial charge in [-0.15, -0.1) is 10.2 Å². The average Bonchev–Trinajstić information content (AvgIpc) is 2.86. The summed E-state index contributed by atoms with van der Waals surface area (Å²) >= 11 is 1.42. The molecule has 3 aromatic carbocycles. The van der Waals surface area contributed by atoms with Gasteiger partial charge >= 0.3 is 0 Å². The number of hydrogen-bond acceptors (Lipinski definition) is 6. The van der Waals surface area contributed by atoms with Crippen LogP contribution in [0, 0.1) is 0 Å². The summed E-state index contributed by atoms with van der Waals surface area (Å²) in [5.41, 5.74) is 4.19. The van der Waals surface area contributed by atoms with Crippen LogP contribution in [0.5, 0.6) is 5.75 Å².